The monoisotopic (exact) mass is 313 g/mol. The molecule has 1 rings (SSSR count). The number of halogens is 1. The van der Waals surface area contributed by atoms with Crippen LogP contribution in [0.25, 0.3) is 0 Å². The van der Waals surface area contributed by atoms with Crippen LogP contribution in [0.1, 0.15) is 44.6 Å². The minimum atomic E-state index is 0.685. The van der Waals surface area contributed by atoms with Crippen molar-refractivity contribution < 1.29 is 4.74 Å². The molecule has 2 nitrogen and oxygen atoms in total. The number of hydrogen-bond donors (Lipinski definition) is 1. The van der Waals surface area contributed by atoms with E-state index in [1.54, 1.807) is 0 Å². The smallest absolute Gasteiger partial charge is 0.133 e. The van der Waals surface area contributed by atoms with E-state index >= 15 is 0 Å². The van der Waals surface area contributed by atoms with Gasteiger partial charge in [0.15, 0.2) is 0 Å². The molecule has 3 heteroatoms. The number of nitrogens with two attached hydrogens (primary N) is 1. The number of benzene rings is 1. The molecule has 1 aromatic carbocycles. The molecule has 0 aliphatic heterocycles. The van der Waals surface area contributed by atoms with E-state index in [1.165, 1.54) is 31.2 Å². The summed E-state index contributed by atoms with van der Waals surface area (Å²) in [5, 5.41) is 0. The van der Waals surface area contributed by atoms with E-state index < -0.39 is 0 Å². The van der Waals surface area contributed by atoms with Crippen LogP contribution in [0.3, 0.4) is 0 Å². The van der Waals surface area contributed by atoms with Crippen LogP contribution in [0.2, 0.25) is 0 Å². The first kappa shape index (κ1) is 15.5. The Morgan fingerprint density at radius 3 is 2.61 bits per heavy atom. The van der Waals surface area contributed by atoms with E-state index in [0.29, 0.717) is 6.54 Å². The Morgan fingerprint density at radius 2 is 1.94 bits per heavy atom. The second-order valence-corrected chi connectivity index (χ2v) is 5.42. The van der Waals surface area contributed by atoms with Crippen LogP contribution in [0, 0.1) is 0 Å². The maximum absolute atomic E-state index is 5.77. The molecule has 0 spiro atoms. The number of rotatable bonds is 9. The highest BCUT2D eigenvalue weighted by molar-refractivity contribution is 9.10. The molecular weight excluding hydrogens is 290 g/mol. The summed E-state index contributed by atoms with van der Waals surface area (Å²) in [5.41, 5.74) is 6.79. The molecule has 0 amide bonds. The highest BCUT2D eigenvalue weighted by Gasteiger charge is 2.02. The summed E-state index contributed by atoms with van der Waals surface area (Å²) in [4.78, 5) is 0. The summed E-state index contributed by atoms with van der Waals surface area (Å²) in [7, 11) is 0. The first-order chi connectivity index (χ1) is 8.77. The Bertz CT molecular complexity index is 341. The largest absolute Gasteiger partial charge is 0.492 e. The second-order valence-electron chi connectivity index (χ2n) is 4.57. The fraction of sp³-hybridized carbons (Fsp3) is 0.600. The Morgan fingerprint density at radius 1 is 1.17 bits per heavy atom. The minimum Gasteiger partial charge on any atom is -0.492 e. The van der Waals surface area contributed by atoms with Gasteiger partial charge in [0.1, 0.15) is 5.75 Å². The standard InChI is InChI=1S/C15H24BrNO/c1-2-3-4-5-6-11-18-15-8-7-13(9-10-17)12-14(15)16/h7-8,12H,2-6,9-11,17H2,1H3. The average Bonchev–Trinajstić information content (AvgIpc) is 2.36. The Hall–Kier alpha value is -0.540. The van der Waals surface area contributed by atoms with Crippen molar-refractivity contribution in [2.24, 2.45) is 5.73 Å². The molecule has 0 aliphatic rings. The molecule has 0 heterocycles. The molecule has 0 fully saturated rings. The molecule has 0 unspecified atom stereocenters. The third-order valence-corrected chi connectivity index (χ3v) is 3.55. The van der Waals surface area contributed by atoms with E-state index in [1.807, 2.05) is 6.07 Å². The van der Waals surface area contributed by atoms with E-state index in [2.05, 4.69) is 35.0 Å². The van der Waals surface area contributed by atoms with Gasteiger partial charge in [0.25, 0.3) is 0 Å². The fourth-order valence-corrected chi connectivity index (χ4v) is 2.41. The predicted octanol–water partition coefficient (Wildman–Crippen LogP) is 4.30. The average molecular weight is 314 g/mol. The highest BCUT2D eigenvalue weighted by Crippen LogP contribution is 2.26. The maximum atomic E-state index is 5.77. The van der Waals surface area contributed by atoms with Gasteiger partial charge in [0, 0.05) is 0 Å². The van der Waals surface area contributed by atoms with Gasteiger partial charge < -0.3 is 10.5 Å². The van der Waals surface area contributed by atoms with Crippen molar-refractivity contribution in [2.75, 3.05) is 13.2 Å². The third-order valence-electron chi connectivity index (χ3n) is 2.93. The number of hydrogen-bond acceptors (Lipinski definition) is 2. The van der Waals surface area contributed by atoms with Gasteiger partial charge in [0.05, 0.1) is 11.1 Å². The summed E-state index contributed by atoms with van der Waals surface area (Å²) < 4.78 is 6.80. The van der Waals surface area contributed by atoms with Crippen LogP contribution in [-0.2, 0) is 6.42 Å². The summed E-state index contributed by atoms with van der Waals surface area (Å²) in [5.74, 6) is 0.936. The normalized spacial score (nSPS) is 10.6. The van der Waals surface area contributed by atoms with Crippen LogP contribution in [-0.4, -0.2) is 13.2 Å². The summed E-state index contributed by atoms with van der Waals surface area (Å²) in [6.45, 7) is 3.72. The minimum absolute atomic E-state index is 0.685. The zero-order valence-electron chi connectivity index (χ0n) is 11.3. The maximum Gasteiger partial charge on any atom is 0.133 e. The molecule has 102 valence electrons. The topological polar surface area (TPSA) is 35.2 Å². The Balaban J connectivity index is 2.29. The summed E-state index contributed by atoms with van der Waals surface area (Å²) in [6, 6.07) is 6.21. The van der Waals surface area contributed by atoms with Gasteiger partial charge in [-0.15, -0.1) is 0 Å². The van der Waals surface area contributed by atoms with Crippen LogP contribution < -0.4 is 10.5 Å². The SMILES string of the molecule is CCCCCCCOc1ccc(CCN)cc1Br. The van der Waals surface area contributed by atoms with Crippen molar-refractivity contribution in [3.8, 4) is 5.75 Å². The zero-order valence-corrected chi connectivity index (χ0v) is 12.8. The van der Waals surface area contributed by atoms with Crippen LogP contribution >= 0.6 is 15.9 Å². The van der Waals surface area contributed by atoms with Crippen LogP contribution in [0.5, 0.6) is 5.75 Å². The summed E-state index contributed by atoms with van der Waals surface area (Å²) in [6.07, 6.45) is 7.24. The van der Waals surface area contributed by atoms with Gasteiger partial charge in [-0.05, 0) is 53.0 Å². The molecule has 2 N–H and O–H groups in total. The van der Waals surface area contributed by atoms with Gasteiger partial charge in [-0.2, -0.15) is 0 Å². The lowest BCUT2D eigenvalue weighted by Crippen LogP contribution is -2.03. The predicted molar refractivity (Wildman–Crippen MR) is 81.2 cm³/mol. The summed E-state index contributed by atoms with van der Waals surface area (Å²) >= 11 is 3.55. The molecule has 0 aromatic heterocycles. The second kappa shape index (κ2) is 9.40. The van der Waals surface area contributed by atoms with Crippen molar-refractivity contribution in [1.82, 2.24) is 0 Å². The van der Waals surface area contributed by atoms with Crippen LogP contribution in [0.4, 0.5) is 0 Å². The van der Waals surface area contributed by atoms with Gasteiger partial charge in [-0.25, -0.2) is 0 Å². The highest BCUT2D eigenvalue weighted by atomic mass is 79.9. The Labute approximate surface area is 119 Å². The molecule has 0 saturated heterocycles. The van der Waals surface area contributed by atoms with Crippen molar-refractivity contribution in [1.29, 1.82) is 0 Å². The third kappa shape index (κ3) is 5.87. The van der Waals surface area contributed by atoms with E-state index in [-0.39, 0.29) is 0 Å². The zero-order chi connectivity index (χ0) is 13.2. The molecule has 0 aliphatic carbocycles. The molecule has 0 bridgehead atoms. The van der Waals surface area contributed by atoms with Crippen molar-refractivity contribution in [3.63, 3.8) is 0 Å². The van der Waals surface area contributed by atoms with E-state index in [0.717, 1.165) is 29.7 Å². The lowest BCUT2D eigenvalue weighted by molar-refractivity contribution is 0.302. The number of unbranched alkanes of at least 4 members (excludes halogenated alkanes) is 4. The molecule has 1 aromatic rings. The van der Waals surface area contributed by atoms with Crippen LogP contribution in [0.15, 0.2) is 22.7 Å². The number of ether oxygens (including phenoxy) is 1. The van der Waals surface area contributed by atoms with E-state index in [4.69, 9.17) is 10.5 Å². The van der Waals surface area contributed by atoms with Crippen molar-refractivity contribution in [3.05, 3.63) is 28.2 Å². The fourth-order valence-electron chi connectivity index (χ4n) is 1.87. The van der Waals surface area contributed by atoms with E-state index in [9.17, 15) is 0 Å². The van der Waals surface area contributed by atoms with Gasteiger partial charge in [-0.3, -0.25) is 0 Å². The lowest BCUT2D eigenvalue weighted by Gasteiger charge is -2.09. The molecule has 0 radical (unpaired) electrons. The molecule has 0 saturated carbocycles. The Kier molecular flexibility index (Phi) is 8.10. The van der Waals surface area contributed by atoms with Crippen molar-refractivity contribution >= 4 is 15.9 Å². The van der Waals surface area contributed by atoms with Crippen molar-refractivity contribution in [2.45, 2.75) is 45.4 Å². The molecular formula is C15H24BrNO. The van der Waals surface area contributed by atoms with Gasteiger partial charge in [0.2, 0.25) is 0 Å². The first-order valence-electron chi connectivity index (χ1n) is 6.89. The first-order valence-corrected chi connectivity index (χ1v) is 7.68. The lowest BCUT2D eigenvalue weighted by atomic mass is 10.1. The molecule has 18 heavy (non-hydrogen) atoms. The quantitative estimate of drug-likeness (QED) is 0.690. The van der Waals surface area contributed by atoms with Gasteiger partial charge in [-0.1, -0.05) is 38.7 Å². The molecule has 0 atom stereocenters. The van der Waals surface area contributed by atoms with Gasteiger partial charge >= 0.3 is 0 Å².